The van der Waals surface area contributed by atoms with Gasteiger partial charge in [0.1, 0.15) is 5.82 Å². The first-order chi connectivity index (χ1) is 8.88. The Bertz CT molecular complexity index is 398. The fourth-order valence-electron chi connectivity index (χ4n) is 1.98. The van der Waals surface area contributed by atoms with Gasteiger partial charge in [0.25, 0.3) is 5.91 Å². The highest BCUT2D eigenvalue weighted by Gasteiger charge is 2.11. The highest BCUT2D eigenvalue weighted by Crippen LogP contribution is 2.08. The lowest BCUT2D eigenvalue weighted by atomic mass is 10.1. The van der Waals surface area contributed by atoms with Crippen molar-refractivity contribution in [3.63, 3.8) is 0 Å². The quantitative estimate of drug-likeness (QED) is 0.829. The number of nitrogens with one attached hydrogen (secondary N) is 2. The minimum Gasteiger partial charge on any atom is -0.368 e. The number of anilines is 1. The average molecular weight is 263 g/mol. The van der Waals surface area contributed by atoms with Crippen molar-refractivity contribution in [2.75, 3.05) is 5.32 Å². The molecule has 0 aliphatic heterocycles. The number of carbonyl (C=O) groups is 1. The summed E-state index contributed by atoms with van der Waals surface area (Å²) in [5.74, 6) is 1.31. The molecule has 1 heterocycles. The van der Waals surface area contributed by atoms with Gasteiger partial charge in [-0.05, 0) is 45.2 Å². The van der Waals surface area contributed by atoms with E-state index in [9.17, 15) is 4.79 Å². The minimum atomic E-state index is -0.0586. The van der Waals surface area contributed by atoms with Crippen LogP contribution in [0.2, 0.25) is 0 Å². The summed E-state index contributed by atoms with van der Waals surface area (Å²) in [6, 6.07) is 4.15. The van der Waals surface area contributed by atoms with Crippen LogP contribution in [0.4, 0.5) is 5.82 Å². The summed E-state index contributed by atoms with van der Waals surface area (Å²) < 4.78 is 0. The van der Waals surface area contributed by atoms with Crippen LogP contribution in [-0.4, -0.2) is 23.0 Å². The van der Waals surface area contributed by atoms with Gasteiger partial charge in [-0.1, -0.05) is 13.8 Å². The highest BCUT2D eigenvalue weighted by atomic mass is 16.1. The fraction of sp³-hybridized carbons (Fsp3) is 0.600. The molecule has 0 aliphatic carbocycles. The Morgan fingerprint density at radius 1 is 1.21 bits per heavy atom. The molecular formula is C15H25N3O. The van der Waals surface area contributed by atoms with Crippen LogP contribution in [0.15, 0.2) is 18.3 Å². The largest absolute Gasteiger partial charge is 0.368 e. The van der Waals surface area contributed by atoms with Crippen LogP contribution in [0, 0.1) is 5.92 Å². The molecule has 0 bridgehead atoms. The van der Waals surface area contributed by atoms with Gasteiger partial charge in [0.05, 0.1) is 5.56 Å². The number of aromatic nitrogens is 1. The van der Waals surface area contributed by atoms with Crippen molar-refractivity contribution in [1.82, 2.24) is 10.3 Å². The zero-order chi connectivity index (χ0) is 14.4. The second-order valence-electron chi connectivity index (χ2n) is 5.74. The molecule has 0 saturated carbocycles. The molecule has 0 aliphatic rings. The summed E-state index contributed by atoms with van der Waals surface area (Å²) in [4.78, 5) is 16.2. The predicted octanol–water partition coefficient (Wildman–Crippen LogP) is 3.07. The monoisotopic (exact) mass is 263 g/mol. The van der Waals surface area contributed by atoms with Gasteiger partial charge in [0.2, 0.25) is 0 Å². The SMILES string of the molecule is CC(C)CC(C)NC(=O)c1ccc(NC(C)C)nc1. The van der Waals surface area contributed by atoms with Crippen LogP contribution in [0.25, 0.3) is 0 Å². The normalized spacial score (nSPS) is 12.6. The number of nitrogens with zero attached hydrogens (tertiary/aromatic N) is 1. The smallest absolute Gasteiger partial charge is 0.253 e. The van der Waals surface area contributed by atoms with Crippen molar-refractivity contribution in [2.24, 2.45) is 5.92 Å². The maximum Gasteiger partial charge on any atom is 0.253 e. The molecule has 0 radical (unpaired) electrons. The van der Waals surface area contributed by atoms with E-state index in [-0.39, 0.29) is 11.9 Å². The van der Waals surface area contributed by atoms with Crippen molar-refractivity contribution in [1.29, 1.82) is 0 Å². The third-order valence-corrected chi connectivity index (χ3v) is 2.66. The number of amides is 1. The van der Waals surface area contributed by atoms with E-state index in [4.69, 9.17) is 0 Å². The molecule has 1 aromatic rings. The molecule has 19 heavy (non-hydrogen) atoms. The summed E-state index contributed by atoms with van der Waals surface area (Å²) >= 11 is 0. The van der Waals surface area contributed by atoms with E-state index < -0.39 is 0 Å². The first-order valence-electron chi connectivity index (χ1n) is 6.92. The zero-order valence-corrected chi connectivity index (χ0v) is 12.5. The van der Waals surface area contributed by atoms with E-state index in [1.54, 1.807) is 12.3 Å². The van der Waals surface area contributed by atoms with Crippen LogP contribution >= 0.6 is 0 Å². The number of carbonyl (C=O) groups excluding carboxylic acids is 1. The van der Waals surface area contributed by atoms with Crippen molar-refractivity contribution >= 4 is 11.7 Å². The Morgan fingerprint density at radius 3 is 2.37 bits per heavy atom. The summed E-state index contributed by atoms with van der Waals surface area (Å²) in [6.07, 6.45) is 2.59. The number of hydrogen-bond acceptors (Lipinski definition) is 3. The van der Waals surface area contributed by atoms with Gasteiger partial charge >= 0.3 is 0 Å². The molecule has 106 valence electrons. The molecule has 1 atom stereocenters. The first kappa shape index (κ1) is 15.5. The summed E-state index contributed by atoms with van der Waals surface area (Å²) in [5, 5.41) is 6.18. The van der Waals surface area contributed by atoms with E-state index in [2.05, 4.69) is 43.3 Å². The van der Waals surface area contributed by atoms with Gasteiger partial charge in [-0.2, -0.15) is 0 Å². The number of pyridine rings is 1. The Labute approximate surface area is 116 Å². The van der Waals surface area contributed by atoms with Crippen LogP contribution < -0.4 is 10.6 Å². The van der Waals surface area contributed by atoms with Gasteiger partial charge in [-0.25, -0.2) is 4.98 Å². The molecule has 0 saturated heterocycles. The summed E-state index contributed by atoms with van der Waals surface area (Å²) in [5.41, 5.74) is 0.602. The zero-order valence-electron chi connectivity index (χ0n) is 12.5. The molecule has 0 fully saturated rings. The molecule has 0 spiro atoms. The maximum absolute atomic E-state index is 12.0. The van der Waals surface area contributed by atoms with E-state index in [0.717, 1.165) is 12.2 Å². The highest BCUT2D eigenvalue weighted by molar-refractivity contribution is 5.94. The third kappa shape index (κ3) is 5.73. The Hall–Kier alpha value is -1.58. The van der Waals surface area contributed by atoms with Gasteiger partial charge < -0.3 is 10.6 Å². The van der Waals surface area contributed by atoms with Crippen LogP contribution in [0.5, 0.6) is 0 Å². The summed E-state index contributed by atoms with van der Waals surface area (Å²) in [6.45, 7) is 10.4. The molecule has 1 aromatic heterocycles. The Balaban J connectivity index is 2.57. The second-order valence-corrected chi connectivity index (χ2v) is 5.74. The van der Waals surface area contributed by atoms with E-state index in [1.165, 1.54) is 0 Å². The van der Waals surface area contributed by atoms with E-state index in [0.29, 0.717) is 17.5 Å². The topological polar surface area (TPSA) is 54.0 Å². The van der Waals surface area contributed by atoms with Crippen molar-refractivity contribution in [3.8, 4) is 0 Å². The molecule has 1 amide bonds. The molecule has 0 aromatic carbocycles. The predicted molar refractivity (Wildman–Crippen MR) is 79.4 cm³/mol. The number of hydrogen-bond donors (Lipinski definition) is 2. The third-order valence-electron chi connectivity index (χ3n) is 2.66. The molecule has 4 heteroatoms. The van der Waals surface area contributed by atoms with E-state index in [1.807, 2.05) is 13.0 Å². The van der Waals surface area contributed by atoms with Crippen molar-refractivity contribution in [3.05, 3.63) is 23.9 Å². The van der Waals surface area contributed by atoms with E-state index >= 15 is 0 Å². The molecule has 2 N–H and O–H groups in total. The molecule has 1 unspecified atom stereocenters. The molecular weight excluding hydrogens is 238 g/mol. The lowest BCUT2D eigenvalue weighted by molar-refractivity contribution is 0.0936. The summed E-state index contributed by atoms with van der Waals surface area (Å²) in [7, 11) is 0. The van der Waals surface area contributed by atoms with Gasteiger partial charge in [0.15, 0.2) is 0 Å². The van der Waals surface area contributed by atoms with Gasteiger partial charge in [0, 0.05) is 18.3 Å². The lowest BCUT2D eigenvalue weighted by Gasteiger charge is -2.16. The first-order valence-corrected chi connectivity index (χ1v) is 6.92. The Morgan fingerprint density at radius 2 is 1.89 bits per heavy atom. The molecule has 1 rings (SSSR count). The van der Waals surface area contributed by atoms with Gasteiger partial charge in [-0.3, -0.25) is 4.79 Å². The van der Waals surface area contributed by atoms with Crippen molar-refractivity contribution in [2.45, 2.75) is 53.1 Å². The van der Waals surface area contributed by atoms with Crippen LogP contribution in [-0.2, 0) is 0 Å². The fourth-order valence-corrected chi connectivity index (χ4v) is 1.98. The van der Waals surface area contributed by atoms with Crippen molar-refractivity contribution < 1.29 is 4.79 Å². The lowest BCUT2D eigenvalue weighted by Crippen LogP contribution is -2.33. The maximum atomic E-state index is 12.0. The number of rotatable bonds is 6. The standard InChI is InChI=1S/C15H25N3O/c1-10(2)8-12(5)18-15(19)13-6-7-14(16-9-13)17-11(3)4/h6-7,9-12H,8H2,1-5H3,(H,16,17)(H,18,19). The second kappa shape index (κ2) is 7.12. The Kier molecular flexibility index (Phi) is 5.80. The van der Waals surface area contributed by atoms with Crippen LogP contribution in [0.3, 0.4) is 0 Å². The minimum absolute atomic E-state index is 0.0586. The van der Waals surface area contributed by atoms with Crippen LogP contribution in [0.1, 0.15) is 51.4 Å². The van der Waals surface area contributed by atoms with Gasteiger partial charge in [-0.15, -0.1) is 0 Å². The average Bonchev–Trinajstić information content (AvgIpc) is 2.27. The molecule has 4 nitrogen and oxygen atoms in total.